The van der Waals surface area contributed by atoms with Gasteiger partial charge < -0.3 is 10.0 Å². The molecule has 0 aromatic heterocycles. The van der Waals surface area contributed by atoms with E-state index in [-0.39, 0.29) is 6.10 Å². The second kappa shape index (κ2) is 4.69. The number of benzene rings is 1. The van der Waals surface area contributed by atoms with Crippen molar-refractivity contribution in [3.63, 3.8) is 0 Å². The van der Waals surface area contributed by atoms with Gasteiger partial charge in [-0.15, -0.1) is 0 Å². The van der Waals surface area contributed by atoms with Gasteiger partial charge in [-0.25, -0.2) is 0 Å². The van der Waals surface area contributed by atoms with E-state index in [1.807, 2.05) is 0 Å². The van der Waals surface area contributed by atoms with Crippen molar-refractivity contribution in [3.05, 3.63) is 29.8 Å². The molecular formula is C15H21NO. The highest BCUT2D eigenvalue weighted by atomic mass is 16.3. The number of aryl methyl sites for hydroxylation is 1. The maximum Gasteiger partial charge on any atom is 0.0743 e. The number of aliphatic hydroxyl groups is 1. The first kappa shape index (κ1) is 11.1. The molecular weight excluding hydrogens is 210 g/mol. The molecule has 1 aromatic carbocycles. The van der Waals surface area contributed by atoms with Gasteiger partial charge in [-0.3, -0.25) is 0 Å². The van der Waals surface area contributed by atoms with E-state index in [1.54, 1.807) is 0 Å². The number of para-hydroxylation sites is 1. The number of rotatable bonds is 3. The van der Waals surface area contributed by atoms with E-state index >= 15 is 0 Å². The zero-order valence-corrected chi connectivity index (χ0v) is 10.3. The molecule has 2 aliphatic rings. The van der Waals surface area contributed by atoms with E-state index in [0.717, 1.165) is 13.1 Å². The highest BCUT2D eigenvalue weighted by Crippen LogP contribution is 2.34. The van der Waals surface area contributed by atoms with Crippen molar-refractivity contribution < 1.29 is 5.11 Å². The number of fused-ring (bicyclic) bond motifs is 1. The molecule has 1 atom stereocenters. The van der Waals surface area contributed by atoms with E-state index in [9.17, 15) is 5.11 Å². The van der Waals surface area contributed by atoms with Crippen LogP contribution in [-0.4, -0.2) is 24.3 Å². The Morgan fingerprint density at radius 1 is 1.24 bits per heavy atom. The topological polar surface area (TPSA) is 23.5 Å². The molecule has 1 saturated carbocycles. The number of anilines is 1. The summed E-state index contributed by atoms with van der Waals surface area (Å²) in [6.07, 6.45) is 6.01. The molecule has 0 amide bonds. The summed E-state index contributed by atoms with van der Waals surface area (Å²) in [5.74, 6) is 0.574. The van der Waals surface area contributed by atoms with Crippen LogP contribution in [-0.2, 0) is 6.42 Å². The quantitative estimate of drug-likeness (QED) is 0.864. The molecule has 1 aliphatic carbocycles. The summed E-state index contributed by atoms with van der Waals surface area (Å²) in [6, 6.07) is 8.68. The van der Waals surface area contributed by atoms with E-state index < -0.39 is 0 Å². The molecule has 92 valence electrons. The smallest absolute Gasteiger partial charge is 0.0743 e. The fourth-order valence-electron chi connectivity index (χ4n) is 2.81. The Bertz CT molecular complexity index is 386. The predicted octanol–water partition coefficient (Wildman–Crippen LogP) is 2.60. The van der Waals surface area contributed by atoms with Crippen molar-refractivity contribution in [2.75, 3.05) is 18.0 Å². The normalized spacial score (nSPS) is 21.8. The Hall–Kier alpha value is -1.02. The number of aliphatic hydroxyl groups excluding tert-OH is 1. The molecule has 1 fully saturated rings. The van der Waals surface area contributed by atoms with Gasteiger partial charge in [0.25, 0.3) is 0 Å². The minimum Gasteiger partial charge on any atom is -0.391 e. The minimum absolute atomic E-state index is 0.124. The standard InChI is InChI=1S/C15H21NO/c17-15(13-8-9-13)11-16-10-4-3-6-12-5-1-2-7-14(12)16/h1-2,5,7,13,15,17H,3-4,6,8-11H2. The molecule has 2 heteroatoms. The average Bonchev–Trinajstić information content (AvgIpc) is 3.16. The van der Waals surface area contributed by atoms with Crippen LogP contribution in [0.1, 0.15) is 31.2 Å². The van der Waals surface area contributed by atoms with Crippen molar-refractivity contribution in [1.82, 2.24) is 0 Å². The maximum absolute atomic E-state index is 10.1. The first-order chi connectivity index (χ1) is 8.34. The highest BCUT2D eigenvalue weighted by Gasteiger charge is 2.31. The van der Waals surface area contributed by atoms with Gasteiger partial charge in [-0.05, 0) is 49.7 Å². The van der Waals surface area contributed by atoms with Crippen LogP contribution in [0.25, 0.3) is 0 Å². The van der Waals surface area contributed by atoms with E-state index in [0.29, 0.717) is 5.92 Å². The maximum atomic E-state index is 10.1. The summed E-state index contributed by atoms with van der Waals surface area (Å²) in [4.78, 5) is 2.39. The molecule has 0 spiro atoms. The average molecular weight is 231 g/mol. The van der Waals surface area contributed by atoms with Crippen LogP contribution >= 0.6 is 0 Å². The minimum atomic E-state index is -0.124. The molecule has 17 heavy (non-hydrogen) atoms. The molecule has 1 aliphatic heterocycles. The number of nitrogens with zero attached hydrogens (tertiary/aromatic N) is 1. The second-order valence-corrected chi connectivity index (χ2v) is 5.44. The fourth-order valence-corrected chi connectivity index (χ4v) is 2.81. The van der Waals surface area contributed by atoms with Gasteiger partial charge in [0.15, 0.2) is 0 Å². The number of hydrogen-bond acceptors (Lipinski definition) is 2. The Morgan fingerprint density at radius 3 is 2.88 bits per heavy atom. The van der Waals surface area contributed by atoms with Crippen molar-refractivity contribution in [1.29, 1.82) is 0 Å². The largest absolute Gasteiger partial charge is 0.391 e. The molecule has 0 bridgehead atoms. The summed E-state index contributed by atoms with van der Waals surface area (Å²) in [5.41, 5.74) is 2.80. The van der Waals surface area contributed by atoms with E-state index in [4.69, 9.17) is 0 Å². The predicted molar refractivity (Wildman–Crippen MR) is 70.3 cm³/mol. The summed E-state index contributed by atoms with van der Waals surface area (Å²) >= 11 is 0. The molecule has 0 radical (unpaired) electrons. The molecule has 1 aromatic rings. The molecule has 3 rings (SSSR count). The third-order valence-electron chi connectivity index (χ3n) is 4.03. The second-order valence-electron chi connectivity index (χ2n) is 5.44. The van der Waals surface area contributed by atoms with Crippen LogP contribution in [0.5, 0.6) is 0 Å². The SMILES string of the molecule is OC(CN1CCCCc2ccccc21)C1CC1. The van der Waals surface area contributed by atoms with Crippen LogP contribution in [0.3, 0.4) is 0 Å². The summed E-state index contributed by atoms with van der Waals surface area (Å²) in [6.45, 7) is 1.92. The Balaban J connectivity index is 1.78. The van der Waals surface area contributed by atoms with Gasteiger partial charge >= 0.3 is 0 Å². The molecule has 0 saturated heterocycles. The summed E-state index contributed by atoms with van der Waals surface area (Å²) in [5, 5.41) is 10.1. The van der Waals surface area contributed by atoms with E-state index in [1.165, 1.54) is 43.4 Å². The molecule has 1 N–H and O–H groups in total. The Kier molecular flexibility index (Phi) is 3.06. The lowest BCUT2D eigenvalue weighted by Crippen LogP contribution is -2.34. The molecule has 1 unspecified atom stereocenters. The van der Waals surface area contributed by atoms with Crippen molar-refractivity contribution >= 4 is 5.69 Å². The monoisotopic (exact) mass is 231 g/mol. The zero-order chi connectivity index (χ0) is 11.7. The first-order valence-corrected chi connectivity index (χ1v) is 6.85. The zero-order valence-electron chi connectivity index (χ0n) is 10.3. The molecule has 2 nitrogen and oxygen atoms in total. The highest BCUT2D eigenvalue weighted by molar-refractivity contribution is 5.54. The van der Waals surface area contributed by atoms with Crippen LogP contribution in [0.15, 0.2) is 24.3 Å². The first-order valence-electron chi connectivity index (χ1n) is 6.85. The van der Waals surface area contributed by atoms with Crippen LogP contribution in [0.4, 0.5) is 5.69 Å². The van der Waals surface area contributed by atoms with Gasteiger partial charge in [-0.1, -0.05) is 18.2 Å². The van der Waals surface area contributed by atoms with Gasteiger partial charge in [0.1, 0.15) is 0 Å². The van der Waals surface area contributed by atoms with Crippen molar-refractivity contribution in [3.8, 4) is 0 Å². The lowest BCUT2D eigenvalue weighted by molar-refractivity contribution is 0.156. The van der Waals surface area contributed by atoms with E-state index in [2.05, 4.69) is 29.2 Å². The summed E-state index contributed by atoms with van der Waals surface area (Å²) in [7, 11) is 0. The van der Waals surface area contributed by atoms with Gasteiger partial charge in [-0.2, -0.15) is 0 Å². The van der Waals surface area contributed by atoms with Crippen molar-refractivity contribution in [2.24, 2.45) is 5.92 Å². The third kappa shape index (κ3) is 2.47. The number of β-amino-alcohol motifs (C(OH)–C–C–N with tert-alkyl or cyclic N) is 1. The van der Waals surface area contributed by atoms with Crippen molar-refractivity contribution in [2.45, 2.75) is 38.2 Å². The lowest BCUT2D eigenvalue weighted by Gasteiger charge is -2.27. The number of hydrogen-bond donors (Lipinski definition) is 1. The Morgan fingerprint density at radius 2 is 2.06 bits per heavy atom. The molecule has 1 heterocycles. The fraction of sp³-hybridized carbons (Fsp3) is 0.600. The van der Waals surface area contributed by atoms with Gasteiger partial charge in [0, 0.05) is 18.8 Å². The lowest BCUT2D eigenvalue weighted by atomic mass is 10.1. The third-order valence-corrected chi connectivity index (χ3v) is 4.03. The Labute approximate surface area is 103 Å². The van der Waals surface area contributed by atoms with Gasteiger partial charge in [0.2, 0.25) is 0 Å². The van der Waals surface area contributed by atoms with Gasteiger partial charge in [0.05, 0.1) is 6.10 Å². The summed E-state index contributed by atoms with van der Waals surface area (Å²) < 4.78 is 0. The van der Waals surface area contributed by atoms with Crippen LogP contribution < -0.4 is 4.90 Å². The van der Waals surface area contributed by atoms with Crippen LogP contribution in [0.2, 0.25) is 0 Å². The van der Waals surface area contributed by atoms with Crippen LogP contribution in [0, 0.1) is 5.92 Å².